The molecule has 5 heteroatoms. The van der Waals surface area contributed by atoms with Crippen LogP contribution in [0.3, 0.4) is 0 Å². The highest BCUT2D eigenvalue weighted by Crippen LogP contribution is 2.28. The second-order valence-corrected chi connectivity index (χ2v) is 4.94. The Morgan fingerprint density at radius 1 is 1.14 bits per heavy atom. The van der Waals surface area contributed by atoms with Crippen LogP contribution in [0.1, 0.15) is 31.4 Å². The Labute approximate surface area is 130 Å². The molecule has 22 heavy (non-hydrogen) atoms. The van der Waals surface area contributed by atoms with E-state index in [1.165, 1.54) is 17.3 Å². The molecule has 0 unspecified atom stereocenters. The smallest absolute Gasteiger partial charge is 0.347 e. The lowest BCUT2D eigenvalue weighted by Gasteiger charge is -2.10. The van der Waals surface area contributed by atoms with Crippen LogP contribution in [0.5, 0.6) is 0 Å². The molecule has 1 aromatic carbocycles. The zero-order chi connectivity index (χ0) is 15.9. The van der Waals surface area contributed by atoms with Gasteiger partial charge in [0, 0.05) is 11.9 Å². The van der Waals surface area contributed by atoms with E-state index in [4.69, 9.17) is 9.47 Å². The fourth-order valence-corrected chi connectivity index (χ4v) is 2.52. The van der Waals surface area contributed by atoms with Crippen LogP contribution in [-0.4, -0.2) is 25.2 Å². The highest BCUT2D eigenvalue weighted by molar-refractivity contribution is 6.14. The van der Waals surface area contributed by atoms with Gasteiger partial charge in [-0.15, -0.1) is 0 Å². The summed E-state index contributed by atoms with van der Waals surface area (Å²) in [6, 6.07) is 6.01. The largest absolute Gasteiger partial charge is 0.462 e. The lowest BCUT2D eigenvalue weighted by atomic mass is 10.1. The van der Waals surface area contributed by atoms with Crippen LogP contribution in [0.15, 0.2) is 30.0 Å². The molecule has 1 N–H and O–H groups in total. The first-order chi connectivity index (χ1) is 10.7. The number of aryl methyl sites for hydroxylation is 1. The minimum absolute atomic E-state index is 0.126. The molecule has 0 spiro atoms. The number of hydrogen-bond acceptors (Lipinski definition) is 5. The van der Waals surface area contributed by atoms with E-state index in [2.05, 4.69) is 11.4 Å². The highest BCUT2D eigenvalue weighted by Gasteiger charge is 2.21. The summed E-state index contributed by atoms with van der Waals surface area (Å²) in [6.07, 6.45) is 4.57. The van der Waals surface area contributed by atoms with Gasteiger partial charge < -0.3 is 14.8 Å². The third kappa shape index (κ3) is 3.67. The van der Waals surface area contributed by atoms with Gasteiger partial charge in [-0.1, -0.05) is 12.1 Å². The summed E-state index contributed by atoms with van der Waals surface area (Å²) >= 11 is 0. The SMILES string of the molecule is CCOC(=O)C(=CNc1cccc2c1CCC2)C(=O)OCC. The number of rotatable bonds is 6. The van der Waals surface area contributed by atoms with E-state index in [1.807, 2.05) is 12.1 Å². The molecule has 0 amide bonds. The average molecular weight is 303 g/mol. The molecule has 0 atom stereocenters. The zero-order valence-corrected chi connectivity index (χ0v) is 13.0. The Bertz CT molecular complexity index is 572. The van der Waals surface area contributed by atoms with Crippen LogP contribution < -0.4 is 5.32 Å². The Kier molecular flexibility index (Phi) is 5.58. The molecule has 0 fully saturated rings. The van der Waals surface area contributed by atoms with E-state index in [0.29, 0.717) is 0 Å². The van der Waals surface area contributed by atoms with Crippen LogP contribution in [0.25, 0.3) is 0 Å². The molecular formula is C17H21NO4. The van der Waals surface area contributed by atoms with Crippen molar-refractivity contribution in [1.82, 2.24) is 0 Å². The first kappa shape index (κ1) is 16.1. The lowest BCUT2D eigenvalue weighted by Crippen LogP contribution is -2.19. The summed E-state index contributed by atoms with van der Waals surface area (Å²) in [5, 5.41) is 3.06. The molecule has 1 aliphatic rings. The summed E-state index contributed by atoms with van der Waals surface area (Å²) in [5.74, 6) is -1.36. The Hall–Kier alpha value is -2.30. The van der Waals surface area contributed by atoms with Gasteiger partial charge in [-0.2, -0.15) is 0 Å². The van der Waals surface area contributed by atoms with Gasteiger partial charge in [0.05, 0.1) is 13.2 Å². The van der Waals surface area contributed by atoms with Gasteiger partial charge in [-0.05, 0) is 50.3 Å². The number of hydrogen-bond donors (Lipinski definition) is 1. The normalized spacial score (nSPS) is 12.3. The number of fused-ring (bicyclic) bond motifs is 1. The summed E-state index contributed by atoms with van der Waals surface area (Å²) in [6.45, 7) is 3.79. The number of esters is 2. The van der Waals surface area contributed by atoms with Crippen molar-refractivity contribution in [2.24, 2.45) is 0 Å². The van der Waals surface area contributed by atoms with Gasteiger partial charge in [0.25, 0.3) is 0 Å². The fraction of sp³-hybridized carbons (Fsp3) is 0.412. The fourth-order valence-electron chi connectivity index (χ4n) is 2.52. The van der Waals surface area contributed by atoms with Crippen molar-refractivity contribution in [3.8, 4) is 0 Å². The molecule has 0 bridgehead atoms. The molecule has 5 nitrogen and oxygen atoms in total. The molecule has 0 aliphatic heterocycles. The van der Waals surface area contributed by atoms with Crippen molar-refractivity contribution in [2.45, 2.75) is 33.1 Å². The number of benzene rings is 1. The summed E-state index contributed by atoms with van der Waals surface area (Å²) < 4.78 is 9.81. The van der Waals surface area contributed by atoms with Crippen LogP contribution in [0.2, 0.25) is 0 Å². The van der Waals surface area contributed by atoms with E-state index in [1.54, 1.807) is 13.8 Å². The molecule has 1 aromatic rings. The standard InChI is InChI=1S/C17H21NO4/c1-3-21-16(19)14(17(20)22-4-2)11-18-15-10-6-8-12-7-5-9-13(12)15/h6,8,10-11,18H,3-5,7,9H2,1-2H3. The van der Waals surface area contributed by atoms with Crippen molar-refractivity contribution in [1.29, 1.82) is 0 Å². The number of carbonyl (C=O) groups is 2. The average Bonchev–Trinajstić information content (AvgIpc) is 2.97. The quantitative estimate of drug-likeness (QED) is 0.379. The molecule has 2 rings (SSSR count). The number of anilines is 1. The van der Waals surface area contributed by atoms with E-state index in [9.17, 15) is 9.59 Å². The van der Waals surface area contributed by atoms with Gasteiger partial charge >= 0.3 is 11.9 Å². The number of nitrogens with one attached hydrogen (secondary N) is 1. The molecule has 0 aromatic heterocycles. The van der Waals surface area contributed by atoms with Crippen molar-refractivity contribution in [2.75, 3.05) is 18.5 Å². The first-order valence-corrected chi connectivity index (χ1v) is 7.59. The zero-order valence-electron chi connectivity index (χ0n) is 13.0. The third-order valence-electron chi connectivity index (χ3n) is 3.51. The summed E-state index contributed by atoms with van der Waals surface area (Å²) in [5.41, 5.74) is 3.35. The van der Waals surface area contributed by atoms with Gasteiger partial charge in [0.1, 0.15) is 0 Å². The van der Waals surface area contributed by atoms with E-state index in [0.717, 1.165) is 24.9 Å². The maximum atomic E-state index is 11.9. The molecular weight excluding hydrogens is 282 g/mol. The molecule has 118 valence electrons. The van der Waals surface area contributed by atoms with E-state index >= 15 is 0 Å². The molecule has 0 saturated heterocycles. The number of carbonyl (C=O) groups excluding carboxylic acids is 2. The van der Waals surface area contributed by atoms with Crippen LogP contribution in [0.4, 0.5) is 5.69 Å². The molecule has 0 heterocycles. The van der Waals surface area contributed by atoms with Gasteiger partial charge in [-0.3, -0.25) is 0 Å². The minimum atomic E-state index is -0.680. The first-order valence-electron chi connectivity index (χ1n) is 7.59. The van der Waals surface area contributed by atoms with Crippen LogP contribution >= 0.6 is 0 Å². The third-order valence-corrected chi connectivity index (χ3v) is 3.51. The van der Waals surface area contributed by atoms with Crippen LogP contribution in [0, 0.1) is 0 Å². The number of ether oxygens (including phenoxy) is 2. The Balaban J connectivity index is 2.21. The second-order valence-electron chi connectivity index (χ2n) is 4.94. The predicted molar refractivity (Wildman–Crippen MR) is 83.4 cm³/mol. The monoisotopic (exact) mass is 303 g/mol. The Morgan fingerprint density at radius 2 is 1.82 bits per heavy atom. The van der Waals surface area contributed by atoms with Gasteiger partial charge in [0.15, 0.2) is 5.57 Å². The highest BCUT2D eigenvalue weighted by atomic mass is 16.6. The van der Waals surface area contributed by atoms with Crippen molar-refractivity contribution in [3.05, 3.63) is 41.1 Å². The van der Waals surface area contributed by atoms with E-state index in [-0.39, 0.29) is 18.8 Å². The van der Waals surface area contributed by atoms with Crippen LogP contribution in [-0.2, 0) is 31.9 Å². The Morgan fingerprint density at radius 3 is 2.45 bits per heavy atom. The maximum Gasteiger partial charge on any atom is 0.347 e. The van der Waals surface area contributed by atoms with Gasteiger partial charge in [-0.25, -0.2) is 9.59 Å². The summed E-state index contributed by atoms with van der Waals surface area (Å²) in [4.78, 5) is 23.8. The second kappa shape index (κ2) is 7.64. The predicted octanol–water partition coefficient (Wildman–Crippen LogP) is 2.60. The van der Waals surface area contributed by atoms with E-state index < -0.39 is 11.9 Å². The molecule has 0 radical (unpaired) electrons. The topological polar surface area (TPSA) is 64.6 Å². The molecule has 0 saturated carbocycles. The van der Waals surface area contributed by atoms with Crippen molar-refractivity contribution < 1.29 is 19.1 Å². The summed E-state index contributed by atoms with van der Waals surface area (Å²) in [7, 11) is 0. The minimum Gasteiger partial charge on any atom is -0.462 e. The van der Waals surface area contributed by atoms with Crippen molar-refractivity contribution in [3.63, 3.8) is 0 Å². The van der Waals surface area contributed by atoms with Crippen molar-refractivity contribution >= 4 is 17.6 Å². The lowest BCUT2D eigenvalue weighted by molar-refractivity contribution is -0.146. The van der Waals surface area contributed by atoms with Gasteiger partial charge in [0.2, 0.25) is 0 Å². The molecule has 1 aliphatic carbocycles. The maximum absolute atomic E-state index is 11.9.